The number of phenolic OH excluding ortho intramolecular Hbond substituents is 1. The molecule has 10 heteroatoms. The van der Waals surface area contributed by atoms with Gasteiger partial charge in [-0.2, -0.15) is 0 Å². The van der Waals surface area contributed by atoms with Gasteiger partial charge in [-0.15, -0.1) is 0 Å². The van der Waals surface area contributed by atoms with Crippen LogP contribution in [0.2, 0.25) is 0 Å². The van der Waals surface area contributed by atoms with E-state index >= 15 is 0 Å². The molecule has 3 aliphatic carbocycles. The number of carbonyl (C=O) groups excluding carboxylic acids is 6. The lowest BCUT2D eigenvalue weighted by Gasteiger charge is -2.52. The number of fused-ring (bicyclic) bond motifs is 3. The zero-order valence-corrected chi connectivity index (χ0v) is 23.9. The Morgan fingerprint density at radius 3 is 2.29 bits per heavy atom. The van der Waals surface area contributed by atoms with E-state index in [2.05, 4.69) is 0 Å². The summed E-state index contributed by atoms with van der Waals surface area (Å²) < 4.78 is 4.89. The average Bonchev–Trinajstić information content (AvgIpc) is 2.91. The molecule has 2 N–H and O–H groups in total. The predicted molar refractivity (Wildman–Crippen MR) is 149 cm³/mol. The smallest absolute Gasteiger partial charge is 0.190 e. The number of aromatic hydroxyl groups is 1. The van der Waals surface area contributed by atoms with Gasteiger partial charge in [-0.25, -0.2) is 0 Å². The van der Waals surface area contributed by atoms with E-state index in [1.807, 2.05) is 12.1 Å². The fourth-order valence-corrected chi connectivity index (χ4v) is 7.23. The van der Waals surface area contributed by atoms with Crippen molar-refractivity contribution >= 4 is 34.7 Å². The van der Waals surface area contributed by atoms with E-state index in [1.54, 1.807) is 32.3 Å². The molecule has 0 aliphatic heterocycles. The molecule has 6 unspecified atom stereocenters. The van der Waals surface area contributed by atoms with Crippen LogP contribution in [0.5, 0.6) is 5.75 Å². The number of rotatable bonds is 7. The van der Waals surface area contributed by atoms with Crippen molar-refractivity contribution in [3.8, 4) is 16.9 Å². The molecule has 0 spiro atoms. The fraction of sp³-hybridized carbons (Fsp3) is 0.438. The van der Waals surface area contributed by atoms with Gasteiger partial charge in [0.1, 0.15) is 24.1 Å². The van der Waals surface area contributed by atoms with Gasteiger partial charge in [0.15, 0.2) is 34.5 Å². The second-order valence-electron chi connectivity index (χ2n) is 11.8. The summed E-state index contributed by atoms with van der Waals surface area (Å²) in [7, 11) is 4.61. The molecule has 0 amide bonds. The van der Waals surface area contributed by atoms with E-state index in [0.717, 1.165) is 18.1 Å². The molecule has 2 aromatic rings. The molecule has 2 aromatic carbocycles. The van der Waals surface area contributed by atoms with Crippen molar-refractivity contribution in [3.05, 3.63) is 53.1 Å². The van der Waals surface area contributed by atoms with Crippen LogP contribution in [0.1, 0.15) is 34.8 Å². The van der Waals surface area contributed by atoms with Gasteiger partial charge in [-0.3, -0.25) is 33.7 Å². The van der Waals surface area contributed by atoms with E-state index in [1.165, 1.54) is 18.1 Å². The number of benzene rings is 2. The number of nitrogens with zero attached hydrogens (tertiary/aromatic N) is 1. The third-order valence-corrected chi connectivity index (χ3v) is 9.04. The number of Topliss-reactive ketones (excluding diaryl/α,β-unsaturated/α-hetero) is 6. The topological polar surface area (TPSA) is 155 Å². The highest BCUT2D eigenvalue weighted by atomic mass is 16.5. The zero-order chi connectivity index (χ0) is 30.7. The summed E-state index contributed by atoms with van der Waals surface area (Å²) in [5.41, 5.74) is -0.0234. The minimum Gasteiger partial charge on any atom is -0.507 e. The Bertz CT molecular complexity index is 1530. The van der Waals surface area contributed by atoms with Crippen LogP contribution in [0.3, 0.4) is 0 Å². The molecule has 0 heterocycles. The molecule has 220 valence electrons. The summed E-state index contributed by atoms with van der Waals surface area (Å²) in [6.07, 6.45) is 0.393. The normalized spacial score (nSPS) is 28.8. The van der Waals surface area contributed by atoms with E-state index < -0.39 is 64.2 Å². The van der Waals surface area contributed by atoms with Crippen molar-refractivity contribution in [2.24, 2.45) is 23.7 Å². The van der Waals surface area contributed by atoms with E-state index in [4.69, 9.17) is 4.74 Å². The molecular weight excluding hydrogens is 542 g/mol. The van der Waals surface area contributed by atoms with Crippen molar-refractivity contribution < 1.29 is 43.7 Å². The lowest BCUT2D eigenvalue weighted by molar-refractivity contribution is -0.181. The van der Waals surface area contributed by atoms with Gasteiger partial charge in [0, 0.05) is 19.4 Å². The Labute approximate surface area is 242 Å². The van der Waals surface area contributed by atoms with Crippen LogP contribution in [-0.2, 0) is 41.6 Å². The van der Waals surface area contributed by atoms with Crippen molar-refractivity contribution in [3.63, 3.8) is 0 Å². The molecule has 10 nitrogen and oxygen atoms in total. The molecular formula is C32H33NO9. The molecule has 2 saturated carbocycles. The summed E-state index contributed by atoms with van der Waals surface area (Å²) >= 11 is 0. The fourth-order valence-electron chi connectivity index (χ4n) is 7.23. The number of carbonyl (C=O) groups is 6. The van der Waals surface area contributed by atoms with Crippen LogP contribution in [0.4, 0.5) is 0 Å². The first-order valence-corrected chi connectivity index (χ1v) is 13.8. The highest BCUT2D eigenvalue weighted by Gasteiger charge is 2.69. The number of ether oxygens (including phenoxy) is 1. The molecule has 0 radical (unpaired) electrons. The Kier molecular flexibility index (Phi) is 7.59. The molecule has 0 saturated heterocycles. The maximum atomic E-state index is 14.0. The molecule has 6 atom stereocenters. The Morgan fingerprint density at radius 1 is 1.02 bits per heavy atom. The maximum absolute atomic E-state index is 14.0. The maximum Gasteiger partial charge on any atom is 0.190 e. The molecule has 42 heavy (non-hydrogen) atoms. The summed E-state index contributed by atoms with van der Waals surface area (Å²) in [5.74, 6) is -9.72. The molecule has 2 fully saturated rings. The average molecular weight is 576 g/mol. The van der Waals surface area contributed by atoms with Crippen molar-refractivity contribution in [1.82, 2.24) is 4.90 Å². The highest BCUT2D eigenvalue weighted by Crippen LogP contribution is 2.51. The Hall–Kier alpha value is -3.86. The van der Waals surface area contributed by atoms with E-state index in [9.17, 15) is 39.0 Å². The van der Waals surface area contributed by atoms with Crippen LogP contribution >= 0.6 is 0 Å². The van der Waals surface area contributed by atoms with Gasteiger partial charge in [0.2, 0.25) is 0 Å². The lowest BCUT2D eigenvalue weighted by atomic mass is 9.52. The van der Waals surface area contributed by atoms with Crippen molar-refractivity contribution in [1.29, 1.82) is 0 Å². The largest absolute Gasteiger partial charge is 0.507 e. The number of likely N-dealkylation sites (N-methyl/N-ethyl adjacent to an activating group) is 1. The van der Waals surface area contributed by atoms with Gasteiger partial charge in [0.25, 0.3) is 0 Å². The molecule has 0 bridgehead atoms. The number of phenols is 1. The van der Waals surface area contributed by atoms with Gasteiger partial charge in [0.05, 0.1) is 17.5 Å². The minimum atomic E-state index is -2.68. The standard InChI is InChI=1S/C32H33NO9/c1-15(34)24-29(38)27(33(2)3)22-13-18-12-21-20(17-7-5-16(6-8-17)11-19(35)14-42-4)9-10-23(36)26(21)28(37)25(18)31(40)32(22,41)30(24)39/h5-10,18,22,24-25,27,36,41H,11-14H2,1-4H3. The van der Waals surface area contributed by atoms with Crippen LogP contribution in [0, 0.1) is 23.7 Å². The van der Waals surface area contributed by atoms with Crippen LogP contribution < -0.4 is 0 Å². The predicted octanol–water partition coefficient (Wildman–Crippen LogP) is 1.40. The number of hydrogen-bond acceptors (Lipinski definition) is 10. The Balaban J connectivity index is 1.56. The van der Waals surface area contributed by atoms with Gasteiger partial charge >= 0.3 is 0 Å². The summed E-state index contributed by atoms with van der Waals surface area (Å²) in [6.45, 7) is 1.08. The lowest BCUT2D eigenvalue weighted by Crippen LogP contribution is -2.73. The molecule has 3 aliphatic rings. The van der Waals surface area contributed by atoms with Gasteiger partial charge in [-0.05, 0) is 68.1 Å². The van der Waals surface area contributed by atoms with Gasteiger partial charge in [-0.1, -0.05) is 30.3 Å². The van der Waals surface area contributed by atoms with Gasteiger partial charge < -0.3 is 14.9 Å². The quantitative estimate of drug-likeness (QED) is 0.463. The third-order valence-electron chi connectivity index (χ3n) is 9.04. The van der Waals surface area contributed by atoms with E-state index in [0.29, 0.717) is 11.1 Å². The van der Waals surface area contributed by atoms with Crippen molar-refractivity contribution in [2.75, 3.05) is 27.8 Å². The monoisotopic (exact) mass is 575 g/mol. The third kappa shape index (κ3) is 4.45. The van der Waals surface area contributed by atoms with Crippen LogP contribution in [-0.4, -0.2) is 89.3 Å². The van der Waals surface area contributed by atoms with Crippen molar-refractivity contribution in [2.45, 2.75) is 37.8 Å². The number of ketones is 6. The second kappa shape index (κ2) is 10.8. The van der Waals surface area contributed by atoms with Crippen LogP contribution in [0.25, 0.3) is 11.1 Å². The van der Waals surface area contributed by atoms with Crippen LogP contribution in [0.15, 0.2) is 36.4 Å². The summed E-state index contributed by atoms with van der Waals surface area (Å²) in [4.78, 5) is 80.5. The minimum absolute atomic E-state index is 0.00795. The number of aliphatic hydroxyl groups is 1. The molecule has 5 rings (SSSR count). The first kappa shape index (κ1) is 29.6. The second-order valence-corrected chi connectivity index (χ2v) is 11.8. The first-order valence-electron chi connectivity index (χ1n) is 13.8. The molecule has 0 aromatic heterocycles. The Morgan fingerprint density at radius 2 is 1.69 bits per heavy atom. The SMILES string of the molecule is COCC(=O)Cc1ccc(-c2ccc(O)c3c2CC2CC4C(N(C)C)C(=O)C(C(C)=O)C(=O)C4(O)C(=O)C2C3=O)cc1. The highest BCUT2D eigenvalue weighted by molar-refractivity contribution is 6.32. The zero-order valence-electron chi connectivity index (χ0n) is 23.9. The van der Waals surface area contributed by atoms with E-state index in [-0.39, 0.29) is 43.0 Å². The number of hydrogen-bond donors (Lipinski definition) is 2. The summed E-state index contributed by atoms with van der Waals surface area (Å²) in [6, 6.07) is 9.18. The number of methoxy groups -OCH3 is 1. The first-order chi connectivity index (χ1) is 19.8. The summed E-state index contributed by atoms with van der Waals surface area (Å²) in [5, 5.41) is 22.5.